The molecule has 0 saturated carbocycles. The van der Waals surface area contributed by atoms with Gasteiger partial charge in [0.1, 0.15) is 13.2 Å². The number of amides is 2. The molecule has 1 fully saturated rings. The summed E-state index contributed by atoms with van der Waals surface area (Å²) in [6.07, 6.45) is 2.05. The van der Waals surface area contributed by atoms with E-state index in [0.717, 1.165) is 41.2 Å². The van der Waals surface area contributed by atoms with E-state index in [1.807, 2.05) is 47.4 Å². The first kappa shape index (κ1) is 17.1. The molecule has 6 heteroatoms. The zero-order valence-electron chi connectivity index (χ0n) is 15.5. The minimum absolute atomic E-state index is 0.000441. The number of nitrogens with zero attached hydrogens (tertiary/aromatic N) is 1. The van der Waals surface area contributed by atoms with E-state index in [1.165, 1.54) is 0 Å². The van der Waals surface area contributed by atoms with Gasteiger partial charge >= 0.3 is 0 Å². The van der Waals surface area contributed by atoms with Gasteiger partial charge in [-0.2, -0.15) is 0 Å². The average molecular weight is 378 g/mol. The third kappa shape index (κ3) is 2.89. The topological polar surface area (TPSA) is 67.9 Å². The Hall–Kier alpha value is -3.02. The van der Waals surface area contributed by atoms with E-state index in [0.29, 0.717) is 19.8 Å². The molecule has 2 amide bonds. The van der Waals surface area contributed by atoms with Gasteiger partial charge in [0.05, 0.1) is 12.0 Å². The Kier molecular flexibility index (Phi) is 4.19. The molecule has 2 atom stereocenters. The summed E-state index contributed by atoms with van der Waals surface area (Å²) in [5.74, 6) is 0.990. The highest BCUT2D eigenvalue weighted by molar-refractivity contribution is 6.01. The molecule has 28 heavy (non-hydrogen) atoms. The van der Waals surface area contributed by atoms with Crippen molar-refractivity contribution in [3.05, 3.63) is 53.6 Å². The average Bonchev–Trinajstić information content (AvgIpc) is 3.22. The van der Waals surface area contributed by atoms with E-state index in [1.54, 1.807) is 0 Å². The van der Waals surface area contributed by atoms with E-state index in [4.69, 9.17) is 9.47 Å². The SMILES string of the molecule is O=C1CC(C(=O)N2CCCC2c2ccc3c(c2)OCCO3)c2ccccc2N1. The number of carbonyl (C=O) groups excluding carboxylic acids is 2. The summed E-state index contributed by atoms with van der Waals surface area (Å²) in [7, 11) is 0. The molecule has 5 rings (SSSR count). The minimum Gasteiger partial charge on any atom is -0.486 e. The van der Waals surface area contributed by atoms with E-state index in [-0.39, 0.29) is 24.3 Å². The maximum absolute atomic E-state index is 13.5. The quantitative estimate of drug-likeness (QED) is 0.871. The van der Waals surface area contributed by atoms with E-state index in [9.17, 15) is 9.59 Å². The number of hydrogen-bond acceptors (Lipinski definition) is 4. The fourth-order valence-corrected chi connectivity index (χ4v) is 4.48. The van der Waals surface area contributed by atoms with Crippen LogP contribution in [0, 0.1) is 0 Å². The standard InChI is InChI=1S/C22H22N2O4/c25-21-13-16(15-4-1-2-5-17(15)23-21)22(26)24-9-3-6-18(24)14-7-8-19-20(12-14)28-11-10-27-19/h1-2,4-5,7-8,12,16,18H,3,6,9-11,13H2,(H,23,25). The third-order valence-electron chi connectivity index (χ3n) is 5.78. The second-order valence-electron chi connectivity index (χ2n) is 7.48. The van der Waals surface area contributed by atoms with E-state index < -0.39 is 5.92 Å². The lowest BCUT2D eigenvalue weighted by molar-refractivity contribution is -0.135. The number of hydrogen-bond donors (Lipinski definition) is 1. The fraction of sp³-hybridized carbons (Fsp3) is 0.364. The predicted octanol–water partition coefficient (Wildman–Crippen LogP) is 3.25. The van der Waals surface area contributed by atoms with Gasteiger partial charge < -0.3 is 19.7 Å². The van der Waals surface area contributed by atoms with Crippen molar-refractivity contribution in [1.82, 2.24) is 4.90 Å². The first-order valence-electron chi connectivity index (χ1n) is 9.79. The molecule has 6 nitrogen and oxygen atoms in total. The number of rotatable bonds is 2. The van der Waals surface area contributed by atoms with Gasteiger partial charge in [-0.15, -0.1) is 0 Å². The molecule has 0 aromatic heterocycles. The van der Waals surface area contributed by atoms with Crippen molar-refractivity contribution in [2.45, 2.75) is 31.2 Å². The number of fused-ring (bicyclic) bond motifs is 2. The van der Waals surface area contributed by atoms with Crippen LogP contribution >= 0.6 is 0 Å². The van der Waals surface area contributed by atoms with Crippen LogP contribution in [0.15, 0.2) is 42.5 Å². The summed E-state index contributed by atoms with van der Waals surface area (Å²) in [6, 6.07) is 13.5. The van der Waals surface area contributed by atoms with Crippen LogP contribution in [0.4, 0.5) is 5.69 Å². The van der Waals surface area contributed by atoms with Crippen LogP contribution in [0.2, 0.25) is 0 Å². The molecule has 144 valence electrons. The highest BCUT2D eigenvalue weighted by Gasteiger charge is 2.38. The molecule has 3 aliphatic heterocycles. The molecular weight excluding hydrogens is 356 g/mol. The maximum atomic E-state index is 13.5. The monoisotopic (exact) mass is 378 g/mol. The Labute approximate surface area is 163 Å². The Morgan fingerprint density at radius 3 is 2.79 bits per heavy atom. The fourth-order valence-electron chi connectivity index (χ4n) is 4.48. The van der Waals surface area contributed by atoms with Crippen molar-refractivity contribution in [3.63, 3.8) is 0 Å². The van der Waals surface area contributed by atoms with Crippen molar-refractivity contribution in [3.8, 4) is 11.5 Å². The van der Waals surface area contributed by atoms with Crippen LogP contribution < -0.4 is 14.8 Å². The Morgan fingerprint density at radius 2 is 1.89 bits per heavy atom. The molecule has 0 spiro atoms. The van der Waals surface area contributed by atoms with Crippen LogP contribution in [0.1, 0.15) is 42.3 Å². The van der Waals surface area contributed by atoms with Gasteiger partial charge in [-0.25, -0.2) is 0 Å². The lowest BCUT2D eigenvalue weighted by Gasteiger charge is -2.32. The molecule has 1 saturated heterocycles. The van der Waals surface area contributed by atoms with Gasteiger partial charge in [-0.1, -0.05) is 24.3 Å². The summed E-state index contributed by atoms with van der Waals surface area (Å²) in [6.45, 7) is 1.81. The van der Waals surface area contributed by atoms with Crippen molar-refractivity contribution in [2.75, 3.05) is 25.1 Å². The molecular formula is C22H22N2O4. The number of benzene rings is 2. The Balaban J connectivity index is 1.44. The van der Waals surface area contributed by atoms with Crippen LogP contribution in [0.5, 0.6) is 11.5 Å². The molecule has 0 aliphatic carbocycles. The summed E-state index contributed by atoms with van der Waals surface area (Å²) in [5, 5.41) is 2.87. The van der Waals surface area contributed by atoms with Crippen molar-refractivity contribution < 1.29 is 19.1 Å². The zero-order valence-corrected chi connectivity index (χ0v) is 15.5. The van der Waals surface area contributed by atoms with Gasteiger partial charge in [-0.05, 0) is 42.2 Å². The second-order valence-corrected chi connectivity index (χ2v) is 7.48. The van der Waals surface area contributed by atoms with Gasteiger partial charge in [0.2, 0.25) is 11.8 Å². The number of anilines is 1. The van der Waals surface area contributed by atoms with Gasteiger partial charge in [0, 0.05) is 18.7 Å². The van der Waals surface area contributed by atoms with Gasteiger partial charge in [0.25, 0.3) is 0 Å². The van der Waals surface area contributed by atoms with Gasteiger partial charge in [-0.3, -0.25) is 9.59 Å². The number of para-hydroxylation sites is 1. The lowest BCUT2D eigenvalue weighted by Crippen LogP contribution is -2.38. The van der Waals surface area contributed by atoms with Gasteiger partial charge in [0.15, 0.2) is 11.5 Å². The molecule has 2 aromatic carbocycles. The smallest absolute Gasteiger partial charge is 0.231 e. The van der Waals surface area contributed by atoms with Crippen LogP contribution in [-0.2, 0) is 9.59 Å². The molecule has 0 radical (unpaired) electrons. The minimum atomic E-state index is -0.428. The molecule has 1 N–H and O–H groups in total. The number of carbonyl (C=O) groups is 2. The molecule has 3 heterocycles. The molecule has 2 aromatic rings. The summed E-state index contributed by atoms with van der Waals surface area (Å²) < 4.78 is 11.3. The number of ether oxygens (including phenoxy) is 2. The third-order valence-corrected chi connectivity index (χ3v) is 5.78. The summed E-state index contributed by atoms with van der Waals surface area (Å²) in [5.41, 5.74) is 2.70. The van der Waals surface area contributed by atoms with Crippen LogP contribution in [0.3, 0.4) is 0 Å². The predicted molar refractivity (Wildman–Crippen MR) is 104 cm³/mol. The maximum Gasteiger partial charge on any atom is 0.231 e. The summed E-state index contributed by atoms with van der Waals surface area (Å²) in [4.78, 5) is 27.6. The molecule has 3 aliphatic rings. The number of likely N-dealkylation sites (tertiary alicyclic amines) is 1. The Morgan fingerprint density at radius 1 is 1.07 bits per heavy atom. The highest BCUT2D eigenvalue weighted by Crippen LogP contribution is 2.41. The van der Waals surface area contributed by atoms with Crippen molar-refractivity contribution in [2.24, 2.45) is 0 Å². The van der Waals surface area contributed by atoms with Crippen LogP contribution in [-0.4, -0.2) is 36.5 Å². The van der Waals surface area contributed by atoms with Crippen LogP contribution in [0.25, 0.3) is 0 Å². The lowest BCUT2D eigenvalue weighted by atomic mass is 9.89. The first-order chi connectivity index (χ1) is 13.7. The largest absolute Gasteiger partial charge is 0.486 e. The normalized spacial score (nSPS) is 23.1. The highest BCUT2D eigenvalue weighted by atomic mass is 16.6. The van der Waals surface area contributed by atoms with E-state index in [2.05, 4.69) is 5.32 Å². The Bertz CT molecular complexity index is 942. The summed E-state index contributed by atoms with van der Waals surface area (Å²) >= 11 is 0. The van der Waals surface area contributed by atoms with Crippen molar-refractivity contribution >= 4 is 17.5 Å². The van der Waals surface area contributed by atoms with E-state index >= 15 is 0 Å². The second kappa shape index (κ2) is 6.86. The molecule has 0 bridgehead atoms. The zero-order chi connectivity index (χ0) is 19.1. The van der Waals surface area contributed by atoms with Crippen molar-refractivity contribution in [1.29, 1.82) is 0 Å². The molecule has 2 unspecified atom stereocenters. The first-order valence-corrected chi connectivity index (χ1v) is 9.79. The number of nitrogens with one attached hydrogen (secondary N) is 1.